The number of anilines is 1. The molecule has 0 saturated heterocycles. The Hall–Kier alpha value is -2.09. The summed E-state index contributed by atoms with van der Waals surface area (Å²) in [6.07, 6.45) is -4.03. The minimum Gasteiger partial charge on any atom is -0.327 e. The van der Waals surface area contributed by atoms with Gasteiger partial charge in [-0.25, -0.2) is 0 Å². The predicted molar refractivity (Wildman–Crippen MR) is 64.3 cm³/mol. The average Bonchev–Trinajstić information content (AvgIpc) is 2.84. The summed E-state index contributed by atoms with van der Waals surface area (Å²) in [5.41, 5.74) is -2.26. The number of amides is 1. The van der Waals surface area contributed by atoms with E-state index in [2.05, 4.69) is 5.32 Å². The van der Waals surface area contributed by atoms with Crippen LogP contribution in [-0.2, 0) is 6.18 Å². The molecule has 100 valence electrons. The maximum Gasteiger partial charge on any atom is 0.417 e. The molecule has 2 aromatic rings. The molecule has 0 aliphatic rings. The Labute approximate surface area is 108 Å². The number of hydrogen-bond donors (Lipinski definition) is 2. The van der Waals surface area contributed by atoms with Crippen molar-refractivity contribution in [2.24, 2.45) is 0 Å². The molecule has 4 nitrogen and oxygen atoms in total. The minimum atomic E-state index is -4.59. The van der Waals surface area contributed by atoms with Gasteiger partial charge in [0.15, 0.2) is 0 Å². The molecule has 2 heterocycles. The van der Waals surface area contributed by atoms with Crippen LogP contribution in [0.2, 0.25) is 0 Å². The van der Waals surface area contributed by atoms with Gasteiger partial charge in [-0.05, 0) is 17.5 Å². The summed E-state index contributed by atoms with van der Waals surface area (Å²) in [6.45, 7) is 0. The first-order valence-corrected chi connectivity index (χ1v) is 5.90. The van der Waals surface area contributed by atoms with Gasteiger partial charge in [-0.15, -0.1) is 11.3 Å². The van der Waals surface area contributed by atoms with Crippen LogP contribution in [0.1, 0.15) is 15.2 Å². The summed E-state index contributed by atoms with van der Waals surface area (Å²) in [6, 6.07) is 3.72. The summed E-state index contributed by atoms with van der Waals surface area (Å²) >= 11 is 1.12. The van der Waals surface area contributed by atoms with Crippen molar-refractivity contribution in [2.75, 3.05) is 5.32 Å². The highest BCUT2D eigenvalue weighted by Gasteiger charge is 2.31. The molecule has 8 heteroatoms. The molecule has 2 aromatic heterocycles. The lowest BCUT2D eigenvalue weighted by molar-refractivity contribution is -0.137. The summed E-state index contributed by atoms with van der Waals surface area (Å²) in [4.78, 5) is 25.3. The number of rotatable bonds is 2. The third-order valence-corrected chi connectivity index (χ3v) is 3.09. The number of thiophene rings is 1. The van der Waals surface area contributed by atoms with E-state index >= 15 is 0 Å². The zero-order valence-corrected chi connectivity index (χ0v) is 10.1. The van der Waals surface area contributed by atoms with Gasteiger partial charge >= 0.3 is 6.18 Å². The largest absolute Gasteiger partial charge is 0.417 e. The minimum absolute atomic E-state index is 0.303. The number of H-pyrrole nitrogens is 1. The zero-order valence-electron chi connectivity index (χ0n) is 9.25. The van der Waals surface area contributed by atoms with Gasteiger partial charge < -0.3 is 10.3 Å². The Morgan fingerprint density at radius 2 is 2.11 bits per heavy atom. The summed E-state index contributed by atoms with van der Waals surface area (Å²) in [7, 11) is 0. The lowest BCUT2D eigenvalue weighted by Crippen LogP contribution is -2.20. The molecular weight excluding hydrogens is 281 g/mol. The maximum absolute atomic E-state index is 12.5. The molecule has 0 saturated carbocycles. The van der Waals surface area contributed by atoms with Crippen molar-refractivity contribution in [3.63, 3.8) is 0 Å². The number of aromatic nitrogens is 1. The maximum atomic E-state index is 12.5. The highest BCUT2D eigenvalue weighted by Crippen LogP contribution is 2.29. The highest BCUT2D eigenvalue weighted by atomic mass is 32.1. The topological polar surface area (TPSA) is 62.0 Å². The number of hydrogen-bond acceptors (Lipinski definition) is 3. The van der Waals surface area contributed by atoms with Gasteiger partial charge in [-0.1, -0.05) is 6.07 Å². The predicted octanol–water partition coefficient (Wildman–Crippen LogP) is 2.71. The molecule has 0 radical (unpaired) electrons. The number of halogens is 3. The van der Waals surface area contributed by atoms with E-state index in [1.54, 1.807) is 11.4 Å². The van der Waals surface area contributed by atoms with Crippen molar-refractivity contribution in [3.8, 4) is 0 Å². The van der Waals surface area contributed by atoms with E-state index in [9.17, 15) is 22.8 Å². The molecule has 1 amide bonds. The Morgan fingerprint density at radius 3 is 2.68 bits per heavy atom. The molecule has 0 spiro atoms. The lowest BCUT2D eigenvalue weighted by atomic mass is 10.2. The molecule has 0 atom stereocenters. The van der Waals surface area contributed by atoms with E-state index in [-0.39, 0.29) is 0 Å². The van der Waals surface area contributed by atoms with E-state index in [4.69, 9.17) is 0 Å². The van der Waals surface area contributed by atoms with Crippen LogP contribution in [0, 0.1) is 0 Å². The van der Waals surface area contributed by atoms with E-state index in [1.165, 1.54) is 6.07 Å². The number of aromatic amines is 1. The Morgan fingerprint density at radius 1 is 1.37 bits per heavy atom. The fourth-order valence-electron chi connectivity index (χ4n) is 1.33. The molecule has 0 unspecified atom stereocenters. The molecule has 0 bridgehead atoms. The zero-order chi connectivity index (χ0) is 14.0. The van der Waals surface area contributed by atoms with E-state index in [1.807, 2.05) is 4.98 Å². The van der Waals surface area contributed by atoms with E-state index < -0.39 is 28.9 Å². The second kappa shape index (κ2) is 4.88. The molecule has 0 fully saturated rings. The number of pyridine rings is 1. The summed E-state index contributed by atoms with van der Waals surface area (Å²) < 4.78 is 37.4. The Kier molecular flexibility index (Phi) is 3.43. The van der Waals surface area contributed by atoms with Crippen molar-refractivity contribution < 1.29 is 18.0 Å². The standard InChI is InChI=1S/C11H7F3N2O2S/c12-11(13,14)6-4-7(9(17)15-5-6)16-10(18)8-2-1-3-19-8/h1-5H,(H,15,17)(H,16,18). The number of alkyl halides is 3. The second-order valence-corrected chi connectivity index (χ2v) is 4.51. The van der Waals surface area contributed by atoms with Crippen LogP contribution in [0.15, 0.2) is 34.6 Å². The first-order valence-electron chi connectivity index (χ1n) is 5.03. The van der Waals surface area contributed by atoms with Gasteiger partial charge in [-0.3, -0.25) is 9.59 Å². The number of carbonyl (C=O) groups is 1. The van der Waals surface area contributed by atoms with Crippen molar-refractivity contribution >= 4 is 22.9 Å². The fraction of sp³-hybridized carbons (Fsp3) is 0.0909. The van der Waals surface area contributed by atoms with Crippen LogP contribution in [0.3, 0.4) is 0 Å². The average molecular weight is 288 g/mol. The fourth-order valence-corrected chi connectivity index (χ4v) is 1.95. The van der Waals surface area contributed by atoms with Crippen LogP contribution in [0.4, 0.5) is 18.9 Å². The molecular formula is C11H7F3N2O2S. The SMILES string of the molecule is O=C(Nc1cc(C(F)(F)F)c[nH]c1=O)c1cccs1. The molecule has 19 heavy (non-hydrogen) atoms. The second-order valence-electron chi connectivity index (χ2n) is 3.56. The molecule has 0 aliphatic heterocycles. The van der Waals surface area contributed by atoms with Crippen molar-refractivity contribution in [3.05, 3.63) is 50.6 Å². The van der Waals surface area contributed by atoms with Crippen LogP contribution in [0.25, 0.3) is 0 Å². The molecule has 2 rings (SSSR count). The van der Waals surface area contributed by atoms with Crippen LogP contribution in [-0.4, -0.2) is 10.9 Å². The molecule has 0 aliphatic carbocycles. The first kappa shape index (κ1) is 13.3. The van der Waals surface area contributed by atoms with Gasteiger partial charge in [0.2, 0.25) is 0 Å². The van der Waals surface area contributed by atoms with Gasteiger partial charge in [-0.2, -0.15) is 13.2 Å². The summed E-state index contributed by atoms with van der Waals surface area (Å²) in [5, 5.41) is 3.80. The normalized spacial score (nSPS) is 11.3. The van der Waals surface area contributed by atoms with Gasteiger partial charge in [0.25, 0.3) is 11.5 Å². The molecule has 0 aromatic carbocycles. The summed E-state index contributed by atoms with van der Waals surface area (Å²) in [5.74, 6) is -0.625. The third kappa shape index (κ3) is 3.02. The first-order chi connectivity index (χ1) is 8.88. The van der Waals surface area contributed by atoms with E-state index in [0.29, 0.717) is 17.1 Å². The smallest absolute Gasteiger partial charge is 0.327 e. The third-order valence-electron chi connectivity index (χ3n) is 2.22. The Bertz CT molecular complexity index is 647. The van der Waals surface area contributed by atoms with Gasteiger partial charge in [0.1, 0.15) is 5.69 Å². The van der Waals surface area contributed by atoms with Crippen LogP contribution >= 0.6 is 11.3 Å². The van der Waals surface area contributed by atoms with Crippen molar-refractivity contribution in [1.29, 1.82) is 0 Å². The number of carbonyl (C=O) groups excluding carboxylic acids is 1. The monoisotopic (exact) mass is 288 g/mol. The van der Waals surface area contributed by atoms with Gasteiger partial charge in [0.05, 0.1) is 10.4 Å². The van der Waals surface area contributed by atoms with Crippen molar-refractivity contribution in [1.82, 2.24) is 4.98 Å². The number of nitrogens with one attached hydrogen (secondary N) is 2. The van der Waals surface area contributed by atoms with Crippen LogP contribution < -0.4 is 10.9 Å². The Balaban J connectivity index is 2.30. The quantitative estimate of drug-likeness (QED) is 0.892. The highest BCUT2D eigenvalue weighted by molar-refractivity contribution is 7.12. The lowest BCUT2D eigenvalue weighted by Gasteiger charge is -2.08. The van der Waals surface area contributed by atoms with E-state index in [0.717, 1.165) is 11.3 Å². The molecule has 2 N–H and O–H groups in total. The van der Waals surface area contributed by atoms with Gasteiger partial charge in [0, 0.05) is 6.20 Å². The van der Waals surface area contributed by atoms with Crippen LogP contribution in [0.5, 0.6) is 0 Å². The van der Waals surface area contributed by atoms with Crippen molar-refractivity contribution in [2.45, 2.75) is 6.18 Å².